The maximum Gasteiger partial charge on any atom is 0.133 e. The van der Waals surface area contributed by atoms with Gasteiger partial charge < -0.3 is 9.72 Å². The van der Waals surface area contributed by atoms with E-state index in [-0.39, 0.29) is 17.9 Å². The largest absolute Gasteiger partial charge is 0.340 e. The fourth-order valence-electron chi connectivity index (χ4n) is 10.0. The number of nitrogens with one attached hydrogen (secondary N) is 1. The van der Waals surface area contributed by atoms with Gasteiger partial charge in [-0.05, 0) is 62.9 Å². The van der Waals surface area contributed by atoms with Crippen LogP contribution in [0.3, 0.4) is 0 Å². The molecule has 3 heteroatoms. The van der Waals surface area contributed by atoms with Gasteiger partial charge in [-0.15, -0.1) is 0 Å². The average molecular weight is 690 g/mol. The van der Waals surface area contributed by atoms with Crippen molar-refractivity contribution in [1.29, 1.82) is 0 Å². The summed E-state index contributed by atoms with van der Waals surface area (Å²) in [5, 5.41) is 11.6. The SMILES string of the molecule is C[C@H]1c2ccccc2-c2c(cc3c4ccccc4n4c5c6ccccc6ccc5c2c34)C1C1N=C(c2ccc(-c3ccccc3)cc2)Nc2ccccc21. The molecule has 254 valence electrons. The smallest absolute Gasteiger partial charge is 0.133 e. The summed E-state index contributed by atoms with van der Waals surface area (Å²) in [5.41, 5.74) is 15.2. The Balaban J connectivity index is 1.16. The molecule has 3 nitrogen and oxygen atoms in total. The number of aromatic nitrogens is 1. The van der Waals surface area contributed by atoms with Crippen LogP contribution in [0.25, 0.3) is 71.1 Å². The normalized spacial score (nSPS) is 17.8. The molecule has 3 atom stereocenters. The van der Waals surface area contributed by atoms with Crippen LogP contribution in [0.2, 0.25) is 0 Å². The van der Waals surface area contributed by atoms with Gasteiger partial charge in [0.1, 0.15) is 5.84 Å². The van der Waals surface area contributed by atoms with Crippen molar-refractivity contribution in [2.45, 2.75) is 24.8 Å². The van der Waals surface area contributed by atoms with E-state index in [9.17, 15) is 0 Å². The number of rotatable bonds is 3. The molecule has 0 spiro atoms. The zero-order chi connectivity index (χ0) is 35.5. The maximum atomic E-state index is 5.73. The van der Waals surface area contributed by atoms with Crippen molar-refractivity contribution >= 4 is 60.4 Å². The maximum absolute atomic E-state index is 5.73. The van der Waals surface area contributed by atoms with Gasteiger partial charge >= 0.3 is 0 Å². The second-order valence-corrected chi connectivity index (χ2v) is 15.1. The first-order valence-electron chi connectivity index (χ1n) is 19.0. The van der Waals surface area contributed by atoms with E-state index < -0.39 is 0 Å². The Kier molecular flexibility index (Phi) is 6.16. The number of hydrogen-bond donors (Lipinski definition) is 1. The van der Waals surface area contributed by atoms with Gasteiger partial charge in [0, 0.05) is 49.7 Å². The van der Waals surface area contributed by atoms with Gasteiger partial charge in [-0.1, -0.05) is 159 Å². The molecular weight excluding hydrogens is 655 g/mol. The van der Waals surface area contributed by atoms with E-state index in [4.69, 9.17) is 4.99 Å². The van der Waals surface area contributed by atoms with Crippen LogP contribution in [0.5, 0.6) is 0 Å². The minimum atomic E-state index is -0.0937. The van der Waals surface area contributed by atoms with Gasteiger partial charge in [0.25, 0.3) is 0 Å². The van der Waals surface area contributed by atoms with Gasteiger partial charge in [0.05, 0.1) is 22.6 Å². The fourth-order valence-corrected chi connectivity index (χ4v) is 10.0. The number of aliphatic imine (C=N–C) groups is 1. The highest BCUT2D eigenvalue weighted by Gasteiger charge is 2.41. The number of amidine groups is 1. The van der Waals surface area contributed by atoms with E-state index in [0.29, 0.717) is 0 Å². The minimum Gasteiger partial charge on any atom is -0.340 e. The topological polar surface area (TPSA) is 28.8 Å². The summed E-state index contributed by atoms with van der Waals surface area (Å²) >= 11 is 0. The van der Waals surface area contributed by atoms with Crippen molar-refractivity contribution < 1.29 is 0 Å². The molecule has 0 fully saturated rings. The molecule has 2 aromatic heterocycles. The molecule has 54 heavy (non-hydrogen) atoms. The Morgan fingerprint density at radius 1 is 0.519 bits per heavy atom. The number of fused-ring (bicyclic) bond motifs is 13. The number of nitrogens with zero attached hydrogens (tertiary/aromatic N) is 2. The minimum absolute atomic E-state index is 0.0937. The Labute approximate surface area is 313 Å². The third-order valence-electron chi connectivity index (χ3n) is 12.4. The van der Waals surface area contributed by atoms with Crippen molar-refractivity contribution in [3.8, 4) is 22.3 Å². The third-order valence-corrected chi connectivity index (χ3v) is 12.4. The van der Waals surface area contributed by atoms with Crippen LogP contribution in [0.1, 0.15) is 47.1 Å². The summed E-state index contributed by atoms with van der Waals surface area (Å²) < 4.78 is 2.56. The molecule has 0 amide bonds. The van der Waals surface area contributed by atoms with Crippen molar-refractivity contribution in [3.05, 3.63) is 192 Å². The van der Waals surface area contributed by atoms with Crippen molar-refractivity contribution in [2.24, 2.45) is 4.99 Å². The Hall–Kier alpha value is -6.71. The lowest BCUT2D eigenvalue weighted by Crippen LogP contribution is -2.28. The van der Waals surface area contributed by atoms with E-state index in [1.165, 1.54) is 87.8 Å². The summed E-state index contributed by atoms with van der Waals surface area (Å²) in [6.45, 7) is 2.43. The molecule has 2 aliphatic rings. The highest BCUT2D eigenvalue weighted by atomic mass is 15.1. The Morgan fingerprint density at radius 2 is 1.20 bits per heavy atom. The molecule has 1 aliphatic carbocycles. The zero-order valence-corrected chi connectivity index (χ0v) is 29.8. The highest BCUT2D eigenvalue weighted by Crippen LogP contribution is 2.58. The fraction of sp³-hybridized carbons (Fsp3) is 0.0784. The van der Waals surface area contributed by atoms with Crippen molar-refractivity contribution in [1.82, 2.24) is 4.40 Å². The first-order valence-corrected chi connectivity index (χ1v) is 19.0. The highest BCUT2D eigenvalue weighted by molar-refractivity contribution is 6.31. The van der Waals surface area contributed by atoms with Crippen LogP contribution in [0.4, 0.5) is 5.69 Å². The van der Waals surface area contributed by atoms with E-state index >= 15 is 0 Å². The zero-order valence-electron chi connectivity index (χ0n) is 29.8. The number of benzene rings is 8. The Bertz CT molecular complexity index is 3150. The summed E-state index contributed by atoms with van der Waals surface area (Å²) in [7, 11) is 0. The third kappa shape index (κ3) is 4.04. The molecule has 10 aromatic rings. The van der Waals surface area contributed by atoms with Crippen LogP contribution >= 0.6 is 0 Å². The molecule has 3 heterocycles. The summed E-state index contributed by atoms with van der Waals surface area (Å²) in [6.07, 6.45) is 0. The lowest BCUT2D eigenvalue weighted by atomic mass is 9.67. The molecule has 1 N–H and O–H groups in total. The molecule has 0 radical (unpaired) electrons. The molecule has 0 saturated carbocycles. The molecule has 0 saturated heterocycles. The summed E-state index contributed by atoms with van der Waals surface area (Å²) in [4.78, 5) is 5.73. The predicted molar refractivity (Wildman–Crippen MR) is 226 cm³/mol. The average Bonchev–Trinajstić information content (AvgIpc) is 3.76. The Morgan fingerprint density at radius 3 is 2.07 bits per heavy atom. The molecule has 0 bridgehead atoms. The monoisotopic (exact) mass is 689 g/mol. The standard InChI is InChI=1S/C51H35N3/c1-30-35-16-7-8-19-38(35)46-42(29-41-37-18-10-12-22-44(37)54-49-36-17-6-5-15-33(36)27-28-40(49)47(46)50(41)54)45(30)48-39-20-9-11-21-43(39)52-51(53-48)34-25-23-32(24-26-34)31-13-3-2-4-14-31/h2-30,45,48H,1H3,(H,52,53)/t30-,45?,48?/m0/s1. The first-order chi connectivity index (χ1) is 26.7. The van der Waals surface area contributed by atoms with Crippen molar-refractivity contribution in [2.75, 3.05) is 5.32 Å². The van der Waals surface area contributed by atoms with Crippen LogP contribution in [0.15, 0.2) is 175 Å². The van der Waals surface area contributed by atoms with Crippen molar-refractivity contribution in [3.63, 3.8) is 0 Å². The van der Waals surface area contributed by atoms with Gasteiger partial charge in [-0.2, -0.15) is 0 Å². The molecule has 1 aliphatic heterocycles. The van der Waals surface area contributed by atoms with Crippen LogP contribution in [0, 0.1) is 0 Å². The first kappa shape index (κ1) is 29.8. The lowest BCUT2D eigenvalue weighted by Gasteiger charge is -2.40. The lowest BCUT2D eigenvalue weighted by molar-refractivity contribution is 0.480. The molecule has 8 aromatic carbocycles. The van der Waals surface area contributed by atoms with Crippen LogP contribution in [-0.2, 0) is 0 Å². The second kappa shape index (κ2) is 11.1. The van der Waals surface area contributed by atoms with Gasteiger partial charge in [0.15, 0.2) is 0 Å². The molecule has 12 rings (SSSR count). The molecule has 2 unspecified atom stereocenters. The second-order valence-electron chi connectivity index (χ2n) is 15.1. The van der Waals surface area contributed by atoms with Crippen LogP contribution in [-0.4, -0.2) is 10.2 Å². The number of para-hydroxylation sites is 2. The quantitative estimate of drug-likeness (QED) is 0.197. The number of anilines is 1. The number of hydrogen-bond acceptors (Lipinski definition) is 2. The predicted octanol–water partition coefficient (Wildman–Crippen LogP) is 13.1. The van der Waals surface area contributed by atoms with E-state index in [0.717, 1.165) is 17.1 Å². The van der Waals surface area contributed by atoms with E-state index in [1.807, 2.05) is 0 Å². The van der Waals surface area contributed by atoms with Gasteiger partial charge in [-0.3, -0.25) is 4.99 Å². The summed E-state index contributed by atoms with van der Waals surface area (Å²) in [6, 6.07) is 62.4. The van der Waals surface area contributed by atoms with E-state index in [1.54, 1.807) is 0 Å². The van der Waals surface area contributed by atoms with Crippen LogP contribution < -0.4 is 5.32 Å². The summed E-state index contributed by atoms with van der Waals surface area (Å²) in [5.74, 6) is 1.25. The van der Waals surface area contributed by atoms with Gasteiger partial charge in [0.2, 0.25) is 0 Å². The van der Waals surface area contributed by atoms with Gasteiger partial charge in [-0.25, -0.2) is 0 Å². The molecular formula is C51H35N3. The van der Waals surface area contributed by atoms with E-state index in [2.05, 4.69) is 186 Å².